The van der Waals surface area contributed by atoms with Crippen LogP contribution in [0.2, 0.25) is 0 Å². The summed E-state index contributed by atoms with van der Waals surface area (Å²) in [5.41, 5.74) is 1.80. The number of aromatic hydroxyl groups is 2. The van der Waals surface area contributed by atoms with Gasteiger partial charge in [-0.05, 0) is 24.3 Å². The second-order valence-electron chi connectivity index (χ2n) is 4.01. The molecule has 0 atom stereocenters. The molecule has 1 aromatic carbocycles. The van der Waals surface area contributed by atoms with E-state index in [-0.39, 0.29) is 22.9 Å². The molecule has 0 radical (unpaired) electrons. The number of hydrazone groups is 1. The average Bonchev–Trinajstić information content (AvgIpc) is 2.43. The molecule has 0 bridgehead atoms. The van der Waals surface area contributed by atoms with E-state index in [1.165, 1.54) is 24.4 Å². The van der Waals surface area contributed by atoms with Crippen molar-refractivity contribution in [2.75, 3.05) is 5.43 Å². The summed E-state index contributed by atoms with van der Waals surface area (Å²) in [5.74, 6) is -0.533. The molecule has 0 unspecified atom stereocenters. The van der Waals surface area contributed by atoms with E-state index in [9.17, 15) is 23.4 Å². The summed E-state index contributed by atoms with van der Waals surface area (Å²) in [6.45, 7) is 0. The number of para-hydroxylation sites is 1. The van der Waals surface area contributed by atoms with Crippen molar-refractivity contribution in [1.29, 1.82) is 0 Å². The molecule has 3 N–H and O–H groups in total. The number of aromatic nitrogens is 1. The maximum atomic E-state index is 12.3. The van der Waals surface area contributed by atoms with Gasteiger partial charge in [-0.25, -0.2) is 4.98 Å². The highest BCUT2D eigenvalue weighted by Gasteiger charge is 2.30. The lowest BCUT2D eigenvalue weighted by atomic mass is 10.2. The lowest BCUT2D eigenvalue weighted by Crippen LogP contribution is -2.05. The molecule has 0 aliphatic carbocycles. The number of halogens is 3. The summed E-state index contributed by atoms with van der Waals surface area (Å²) in [5, 5.41) is 22.5. The summed E-state index contributed by atoms with van der Waals surface area (Å²) >= 11 is 0. The Hall–Kier alpha value is -2.77. The number of phenols is 2. The van der Waals surface area contributed by atoms with Gasteiger partial charge in [-0.2, -0.15) is 18.3 Å². The third-order valence-corrected chi connectivity index (χ3v) is 2.52. The van der Waals surface area contributed by atoms with Crippen LogP contribution in [0, 0.1) is 0 Å². The van der Waals surface area contributed by atoms with Crippen molar-refractivity contribution < 1.29 is 23.4 Å². The zero-order chi connectivity index (χ0) is 15.5. The Balaban J connectivity index is 2.06. The van der Waals surface area contributed by atoms with Crippen LogP contribution in [0.25, 0.3) is 0 Å². The van der Waals surface area contributed by atoms with Gasteiger partial charge in [0.1, 0.15) is 5.82 Å². The maximum absolute atomic E-state index is 12.3. The topological polar surface area (TPSA) is 77.7 Å². The Bertz CT molecular complexity index is 655. The Morgan fingerprint density at radius 1 is 1.14 bits per heavy atom. The smallest absolute Gasteiger partial charge is 0.417 e. The van der Waals surface area contributed by atoms with Crippen LogP contribution in [0.3, 0.4) is 0 Å². The minimum absolute atomic E-state index is 0.110. The fourth-order valence-electron chi connectivity index (χ4n) is 1.45. The van der Waals surface area contributed by atoms with E-state index in [1.807, 2.05) is 0 Å². The molecule has 2 rings (SSSR count). The molecule has 0 saturated carbocycles. The quantitative estimate of drug-likeness (QED) is 0.462. The molecule has 0 saturated heterocycles. The zero-order valence-electron chi connectivity index (χ0n) is 10.5. The standard InChI is InChI=1S/C13H10F3N3O2/c14-13(15,16)9-4-5-11(17-7-9)19-18-6-8-2-1-3-10(20)12(8)21/h1-7,20-21H,(H,17,19). The summed E-state index contributed by atoms with van der Waals surface area (Å²) in [7, 11) is 0. The SMILES string of the molecule is Oc1cccc(C=NNc2ccc(C(F)(F)F)cn2)c1O. The largest absolute Gasteiger partial charge is 0.504 e. The van der Waals surface area contributed by atoms with Gasteiger partial charge in [0.2, 0.25) is 0 Å². The molecule has 21 heavy (non-hydrogen) atoms. The first kappa shape index (κ1) is 14.6. The van der Waals surface area contributed by atoms with E-state index < -0.39 is 11.7 Å². The van der Waals surface area contributed by atoms with Gasteiger partial charge in [0, 0.05) is 11.8 Å². The molecular formula is C13H10F3N3O2. The van der Waals surface area contributed by atoms with Gasteiger partial charge >= 0.3 is 6.18 Å². The van der Waals surface area contributed by atoms with Crippen molar-refractivity contribution in [3.05, 3.63) is 47.7 Å². The Kier molecular flexibility index (Phi) is 3.97. The molecule has 8 heteroatoms. The van der Waals surface area contributed by atoms with Crippen molar-refractivity contribution in [3.8, 4) is 11.5 Å². The van der Waals surface area contributed by atoms with Gasteiger partial charge in [-0.3, -0.25) is 5.43 Å². The highest BCUT2D eigenvalue weighted by Crippen LogP contribution is 2.29. The second kappa shape index (κ2) is 5.70. The molecule has 0 aliphatic heterocycles. The van der Waals surface area contributed by atoms with Crippen LogP contribution < -0.4 is 5.43 Å². The summed E-state index contributed by atoms with van der Waals surface area (Å²) in [6.07, 6.45) is -2.56. The van der Waals surface area contributed by atoms with Gasteiger partial charge in [0.25, 0.3) is 0 Å². The maximum Gasteiger partial charge on any atom is 0.417 e. The summed E-state index contributed by atoms with van der Waals surface area (Å²) < 4.78 is 37.0. The Morgan fingerprint density at radius 2 is 1.90 bits per heavy atom. The van der Waals surface area contributed by atoms with Crippen LogP contribution in [0.15, 0.2) is 41.6 Å². The van der Waals surface area contributed by atoms with E-state index >= 15 is 0 Å². The Morgan fingerprint density at radius 3 is 2.52 bits per heavy atom. The molecule has 1 heterocycles. The van der Waals surface area contributed by atoms with Gasteiger partial charge < -0.3 is 10.2 Å². The minimum Gasteiger partial charge on any atom is -0.504 e. The van der Waals surface area contributed by atoms with Crippen molar-refractivity contribution in [3.63, 3.8) is 0 Å². The van der Waals surface area contributed by atoms with Crippen molar-refractivity contribution in [2.45, 2.75) is 6.18 Å². The van der Waals surface area contributed by atoms with E-state index in [0.717, 1.165) is 12.1 Å². The van der Waals surface area contributed by atoms with Crippen LogP contribution in [-0.4, -0.2) is 21.4 Å². The van der Waals surface area contributed by atoms with Gasteiger partial charge in [-0.15, -0.1) is 0 Å². The zero-order valence-corrected chi connectivity index (χ0v) is 10.5. The third kappa shape index (κ3) is 3.62. The molecule has 110 valence electrons. The third-order valence-electron chi connectivity index (χ3n) is 2.52. The molecule has 0 aliphatic rings. The fourth-order valence-corrected chi connectivity index (χ4v) is 1.45. The number of alkyl halides is 3. The van der Waals surface area contributed by atoms with Gasteiger partial charge in [-0.1, -0.05) is 6.07 Å². The number of phenolic OH excluding ortho intramolecular Hbond substituents is 2. The van der Waals surface area contributed by atoms with Crippen LogP contribution in [-0.2, 0) is 6.18 Å². The molecule has 0 spiro atoms. The lowest BCUT2D eigenvalue weighted by molar-refractivity contribution is -0.137. The van der Waals surface area contributed by atoms with Gasteiger partial charge in [0.05, 0.1) is 11.8 Å². The number of anilines is 1. The monoisotopic (exact) mass is 297 g/mol. The highest BCUT2D eigenvalue weighted by molar-refractivity contribution is 5.85. The number of pyridine rings is 1. The van der Waals surface area contributed by atoms with Crippen LogP contribution in [0.1, 0.15) is 11.1 Å². The first-order chi connectivity index (χ1) is 9.88. The van der Waals surface area contributed by atoms with Gasteiger partial charge in [0.15, 0.2) is 11.5 Å². The second-order valence-corrected chi connectivity index (χ2v) is 4.01. The molecule has 1 aromatic heterocycles. The summed E-state index contributed by atoms with van der Waals surface area (Å²) in [6, 6.07) is 6.31. The number of nitrogens with one attached hydrogen (secondary N) is 1. The van der Waals surface area contributed by atoms with Crippen molar-refractivity contribution in [1.82, 2.24) is 4.98 Å². The van der Waals surface area contributed by atoms with E-state index in [2.05, 4.69) is 15.5 Å². The van der Waals surface area contributed by atoms with Crippen LogP contribution >= 0.6 is 0 Å². The first-order valence-electron chi connectivity index (χ1n) is 5.71. The number of benzene rings is 1. The van der Waals surface area contributed by atoms with Crippen LogP contribution in [0.5, 0.6) is 11.5 Å². The fraction of sp³-hybridized carbons (Fsp3) is 0.0769. The molecule has 0 amide bonds. The van der Waals surface area contributed by atoms with E-state index in [4.69, 9.17) is 0 Å². The number of hydrogen-bond donors (Lipinski definition) is 3. The molecular weight excluding hydrogens is 287 g/mol. The van der Waals surface area contributed by atoms with E-state index in [0.29, 0.717) is 6.20 Å². The van der Waals surface area contributed by atoms with Crippen molar-refractivity contribution >= 4 is 12.0 Å². The Labute approximate surface area is 117 Å². The lowest BCUT2D eigenvalue weighted by Gasteiger charge is -2.06. The summed E-state index contributed by atoms with van der Waals surface area (Å²) in [4.78, 5) is 3.56. The number of rotatable bonds is 3. The normalized spacial score (nSPS) is 11.8. The predicted molar refractivity (Wildman–Crippen MR) is 70.2 cm³/mol. The minimum atomic E-state index is -4.44. The molecule has 2 aromatic rings. The molecule has 0 fully saturated rings. The van der Waals surface area contributed by atoms with Crippen LogP contribution in [0.4, 0.5) is 19.0 Å². The van der Waals surface area contributed by atoms with Crippen molar-refractivity contribution in [2.24, 2.45) is 5.10 Å². The number of nitrogens with zero attached hydrogens (tertiary/aromatic N) is 2. The number of hydrogen-bond acceptors (Lipinski definition) is 5. The molecule has 5 nitrogen and oxygen atoms in total. The highest BCUT2D eigenvalue weighted by atomic mass is 19.4. The van der Waals surface area contributed by atoms with E-state index in [1.54, 1.807) is 0 Å². The first-order valence-corrected chi connectivity index (χ1v) is 5.71. The predicted octanol–water partition coefficient (Wildman–Crippen LogP) is 2.96. The average molecular weight is 297 g/mol.